The van der Waals surface area contributed by atoms with Crippen molar-refractivity contribution in [3.63, 3.8) is 0 Å². The third-order valence-electron chi connectivity index (χ3n) is 3.58. The van der Waals surface area contributed by atoms with Crippen LogP contribution in [0.25, 0.3) is 11.1 Å². The summed E-state index contributed by atoms with van der Waals surface area (Å²) in [5, 5.41) is 2.62. The molecular weight excluding hydrogens is 340 g/mol. The van der Waals surface area contributed by atoms with E-state index in [-0.39, 0.29) is 5.56 Å². The Labute approximate surface area is 148 Å². The van der Waals surface area contributed by atoms with Crippen molar-refractivity contribution >= 4 is 28.7 Å². The predicted octanol–water partition coefficient (Wildman–Crippen LogP) is 2.64. The number of hydrogen-bond acceptors (Lipinski definition) is 7. The van der Waals surface area contributed by atoms with Gasteiger partial charge in [0.25, 0.3) is 5.91 Å². The number of carbonyl (C=O) groups is 2. The molecule has 0 spiro atoms. The molecule has 0 saturated carbocycles. The van der Waals surface area contributed by atoms with Crippen LogP contribution in [-0.2, 0) is 9.53 Å². The number of carbonyl (C=O) groups excluding carboxylic acids is 2. The Balaban J connectivity index is 1.62. The zero-order valence-corrected chi connectivity index (χ0v) is 14.1. The van der Waals surface area contributed by atoms with Gasteiger partial charge in [-0.15, -0.1) is 0 Å². The largest absolute Gasteiger partial charge is 0.497 e. The minimum atomic E-state index is -0.636. The van der Waals surface area contributed by atoms with Crippen LogP contribution in [0.1, 0.15) is 10.4 Å². The molecule has 1 amide bonds. The first-order valence-corrected chi connectivity index (χ1v) is 7.63. The zero-order chi connectivity index (χ0) is 18.5. The van der Waals surface area contributed by atoms with Crippen LogP contribution in [0.15, 0.2) is 47.2 Å². The minimum absolute atomic E-state index is 0.276. The maximum absolute atomic E-state index is 12.1. The molecule has 2 aromatic carbocycles. The fraction of sp³-hybridized carbons (Fsp3) is 0.167. The number of nitrogens with zero attached hydrogens (tertiary/aromatic N) is 1. The molecule has 8 nitrogen and oxygen atoms in total. The van der Waals surface area contributed by atoms with Crippen molar-refractivity contribution in [2.75, 3.05) is 26.1 Å². The van der Waals surface area contributed by atoms with Gasteiger partial charge in [0.1, 0.15) is 17.0 Å². The van der Waals surface area contributed by atoms with Crippen LogP contribution >= 0.6 is 0 Å². The van der Waals surface area contributed by atoms with E-state index in [0.29, 0.717) is 28.3 Å². The van der Waals surface area contributed by atoms with Crippen LogP contribution in [0.3, 0.4) is 0 Å². The maximum atomic E-state index is 12.1. The molecule has 3 aromatic rings. The number of oxazole rings is 1. The molecule has 0 aliphatic carbocycles. The first kappa shape index (κ1) is 17.3. The molecule has 1 heterocycles. The Hall–Kier alpha value is -3.55. The average molecular weight is 356 g/mol. The summed E-state index contributed by atoms with van der Waals surface area (Å²) < 4.78 is 20.4. The first-order valence-electron chi connectivity index (χ1n) is 7.63. The number of methoxy groups -OCH3 is 2. The highest BCUT2D eigenvalue weighted by atomic mass is 16.5. The van der Waals surface area contributed by atoms with Gasteiger partial charge in [-0.3, -0.25) is 4.79 Å². The number of aromatic nitrogens is 1. The third kappa shape index (κ3) is 3.75. The van der Waals surface area contributed by atoms with E-state index < -0.39 is 18.5 Å². The van der Waals surface area contributed by atoms with Crippen molar-refractivity contribution in [3.05, 3.63) is 48.4 Å². The van der Waals surface area contributed by atoms with Gasteiger partial charge < -0.3 is 23.9 Å². The highest BCUT2D eigenvalue weighted by Gasteiger charge is 2.14. The highest BCUT2D eigenvalue weighted by Crippen LogP contribution is 2.28. The Morgan fingerprint density at radius 3 is 2.73 bits per heavy atom. The Morgan fingerprint density at radius 2 is 1.96 bits per heavy atom. The van der Waals surface area contributed by atoms with E-state index >= 15 is 0 Å². The fourth-order valence-corrected chi connectivity index (χ4v) is 2.30. The van der Waals surface area contributed by atoms with Crippen LogP contribution in [0.4, 0.5) is 5.69 Å². The molecule has 0 bridgehead atoms. The van der Waals surface area contributed by atoms with Crippen LogP contribution in [-0.4, -0.2) is 37.7 Å². The van der Waals surface area contributed by atoms with E-state index in [2.05, 4.69) is 10.3 Å². The summed E-state index contributed by atoms with van der Waals surface area (Å²) in [5.41, 5.74) is 1.78. The van der Waals surface area contributed by atoms with Gasteiger partial charge >= 0.3 is 5.97 Å². The van der Waals surface area contributed by atoms with Gasteiger partial charge in [0.2, 0.25) is 0 Å². The van der Waals surface area contributed by atoms with Crippen molar-refractivity contribution in [1.29, 1.82) is 0 Å². The number of benzene rings is 2. The molecule has 26 heavy (non-hydrogen) atoms. The Kier molecular flexibility index (Phi) is 5.02. The average Bonchev–Trinajstić information content (AvgIpc) is 3.13. The summed E-state index contributed by atoms with van der Waals surface area (Å²) in [6.07, 6.45) is 1.29. The molecule has 8 heteroatoms. The number of rotatable bonds is 6. The normalized spacial score (nSPS) is 10.4. The molecule has 0 unspecified atom stereocenters. The van der Waals surface area contributed by atoms with Gasteiger partial charge in [-0.1, -0.05) is 0 Å². The number of amides is 1. The van der Waals surface area contributed by atoms with Crippen LogP contribution in [0.5, 0.6) is 11.5 Å². The molecule has 0 aliphatic heterocycles. The second-order valence-corrected chi connectivity index (χ2v) is 5.23. The smallest absolute Gasteiger partial charge is 0.338 e. The monoisotopic (exact) mass is 356 g/mol. The van der Waals surface area contributed by atoms with E-state index in [9.17, 15) is 9.59 Å². The standard InChI is InChI=1S/C18H16N2O6/c1-23-12-4-6-15(24-2)14(8-12)20-17(21)9-25-18(22)11-3-5-16-13(7-11)19-10-26-16/h3-8,10H,9H2,1-2H3,(H,20,21). The summed E-state index contributed by atoms with van der Waals surface area (Å²) >= 11 is 0. The van der Waals surface area contributed by atoms with E-state index in [1.54, 1.807) is 30.3 Å². The molecular formula is C18H16N2O6. The lowest BCUT2D eigenvalue weighted by molar-refractivity contribution is -0.119. The van der Waals surface area contributed by atoms with E-state index in [0.717, 1.165) is 0 Å². The van der Waals surface area contributed by atoms with E-state index in [4.69, 9.17) is 18.6 Å². The van der Waals surface area contributed by atoms with Gasteiger partial charge in [-0.25, -0.2) is 9.78 Å². The maximum Gasteiger partial charge on any atom is 0.338 e. The first-order chi connectivity index (χ1) is 12.6. The van der Waals surface area contributed by atoms with Gasteiger partial charge in [-0.05, 0) is 30.3 Å². The molecule has 134 valence electrons. The molecule has 1 N–H and O–H groups in total. The van der Waals surface area contributed by atoms with Crippen LogP contribution in [0, 0.1) is 0 Å². The Morgan fingerprint density at radius 1 is 1.12 bits per heavy atom. The van der Waals surface area contributed by atoms with Crippen molar-refractivity contribution in [2.45, 2.75) is 0 Å². The van der Waals surface area contributed by atoms with E-state index in [1.165, 1.54) is 26.7 Å². The van der Waals surface area contributed by atoms with Crippen LogP contribution < -0.4 is 14.8 Å². The number of ether oxygens (including phenoxy) is 3. The SMILES string of the molecule is COc1ccc(OC)c(NC(=O)COC(=O)c2ccc3ocnc3c2)c1. The van der Waals surface area contributed by atoms with Crippen molar-refractivity contribution in [2.24, 2.45) is 0 Å². The van der Waals surface area contributed by atoms with Gasteiger partial charge in [0.05, 0.1) is 25.5 Å². The van der Waals surface area contributed by atoms with Crippen molar-refractivity contribution < 1.29 is 28.2 Å². The second-order valence-electron chi connectivity index (χ2n) is 5.23. The zero-order valence-electron chi connectivity index (χ0n) is 14.1. The lowest BCUT2D eigenvalue weighted by atomic mass is 10.2. The predicted molar refractivity (Wildman–Crippen MR) is 92.5 cm³/mol. The summed E-state index contributed by atoms with van der Waals surface area (Å²) in [5.74, 6) is -0.129. The number of esters is 1. The van der Waals surface area contributed by atoms with Crippen molar-refractivity contribution in [1.82, 2.24) is 4.98 Å². The van der Waals surface area contributed by atoms with Crippen LogP contribution in [0.2, 0.25) is 0 Å². The topological polar surface area (TPSA) is 99.9 Å². The molecule has 1 aromatic heterocycles. The molecule has 0 fully saturated rings. The quantitative estimate of drug-likeness (QED) is 0.678. The Bertz CT molecular complexity index is 950. The number of hydrogen-bond donors (Lipinski definition) is 1. The number of fused-ring (bicyclic) bond motifs is 1. The summed E-state index contributed by atoms with van der Waals surface area (Å²) in [7, 11) is 3.00. The van der Waals surface area contributed by atoms with Gasteiger partial charge in [0, 0.05) is 6.07 Å². The highest BCUT2D eigenvalue weighted by molar-refractivity contribution is 5.97. The van der Waals surface area contributed by atoms with E-state index in [1.807, 2.05) is 0 Å². The van der Waals surface area contributed by atoms with Crippen molar-refractivity contribution in [3.8, 4) is 11.5 Å². The number of nitrogens with one attached hydrogen (secondary N) is 1. The molecule has 0 aliphatic rings. The second kappa shape index (κ2) is 7.56. The number of anilines is 1. The summed E-state index contributed by atoms with van der Waals surface area (Å²) in [4.78, 5) is 28.1. The lowest BCUT2D eigenvalue weighted by Crippen LogP contribution is -2.21. The minimum Gasteiger partial charge on any atom is -0.497 e. The fourth-order valence-electron chi connectivity index (χ4n) is 2.30. The molecule has 0 atom stereocenters. The summed E-state index contributed by atoms with van der Waals surface area (Å²) in [6.45, 7) is -0.448. The third-order valence-corrected chi connectivity index (χ3v) is 3.58. The lowest BCUT2D eigenvalue weighted by Gasteiger charge is -2.12. The van der Waals surface area contributed by atoms with Gasteiger partial charge in [-0.2, -0.15) is 0 Å². The molecule has 0 radical (unpaired) electrons. The molecule has 0 saturated heterocycles. The molecule has 3 rings (SSSR count). The summed E-state index contributed by atoms with van der Waals surface area (Å²) in [6, 6.07) is 9.66. The van der Waals surface area contributed by atoms with Gasteiger partial charge in [0.15, 0.2) is 18.6 Å².